The normalized spacial score (nSPS) is 17.0. The molecule has 1 aromatic carbocycles. The highest BCUT2D eigenvalue weighted by Crippen LogP contribution is 2.34. The number of benzene rings is 1. The fourth-order valence-electron chi connectivity index (χ4n) is 3.20. The van der Waals surface area contributed by atoms with Crippen molar-refractivity contribution in [2.75, 3.05) is 43.1 Å². The standard InChI is InChI=1S/C18H22N4/c1-14-5-2-3-6-16(14)15-11-17-18(19-12-15)20-13-22(17)10-9-21-7-4-8-21/h2-3,5-6,11-12H,4,7-10,13H2,1H3,(H,19,20). The van der Waals surface area contributed by atoms with Gasteiger partial charge in [0.15, 0.2) is 5.82 Å². The number of aryl methyl sites for hydroxylation is 1. The molecule has 3 heterocycles. The number of pyridine rings is 1. The Morgan fingerprint density at radius 1 is 1.18 bits per heavy atom. The van der Waals surface area contributed by atoms with Gasteiger partial charge in [0.05, 0.1) is 12.4 Å². The summed E-state index contributed by atoms with van der Waals surface area (Å²) in [7, 11) is 0. The second-order valence-corrected chi connectivity index (χ2v) is 6.20. The van der Waals surface area contributed by atoms with Crippen LogP contribution in [-0.4, -0.2) is 42.7 Å². The van der Waals surface area contributed by atoms with E-state index in [0.29, 0.717) is 0 Å². The number of likely N-dealkylation sites (tertiary alicyclic amines) is 1. The van der Waals surface area contributed by atoms with Crippen molar-refractivity contribution in [3.63, 3.8) is 0 Å². The Morgan fingerprint density at radius 3 is 2.82 bits per heavy atom. The van der Waals surface area contributed by atoms with Gasteiger partial charge < -0.3 is 15.1 Å². The lowest BCUT2D eigenvalue weighted by molar-refractivity contribution is 0.186. The van der Waals surface area contributed by atoms with Crippen LogP contribution in [-0.2, 0) is 0 Å². The lowest BCUT2D eigenvalue weighted by Crippen LogP contribution is -2.42. The monoisotopic (exact) mass is 294 g/mol. The van der Waals surface area contributed by atoms with E-state index in [1.54, 1.807) is 0 Å². The Bertz CT molecular complexity index is 679. The summed E-state index contributed by atoms with van der Waals surface area (Å²) in [6, 6.07) is 10.8. The van der Waals surface area contributed by atoms with Crippen LogP contribution in [0.15, 0.2) is 36.5 Å². The van der Waals surface area contributed by atoms with Crippen molar-refractivity contribution in [2.24, 2.45) is 0 Å². The smallest absolute Gasteiger partial charge is 0.151 e. The quantitative estimate of drug-likeness (QED) is 0.939. The molecule has 114 valence electrons. The fourth-order valence-corrected chi connectivity index (χ4v) is 3.20. The van der Waals surface area contributed by atoms with Gasteiger partial charge in [0.25, 0.3) is 0 Å². The molecule has 1 fully saturated rings. The predicted molar refractivity (Wildman–Crippen MR) is 91.3 cm³/mol. The molecule has 2 aromatic rings. The Balaban J connectivity index is 1.58. The minimum atomic E-state index is 0.868. The molecular formula is C18H22N4. The Labute approximate surface area is 131 Å². The summed E-state index contributed by atoms with van der Waals surface area (Å²) in [5.41, 5.74) is 5.01. The number of fused-ring (bicyclic) bond motifs is 1. The largest absolute Gasteiger partial charge is 0.351 e. The van der Waals surface area contributed by atoms with Gasteiger partial charge in [-0.1, -0.05) is 24.3 Å². The van der Waals surface area contributed by atoms with E-state index in [0.717, 1.165) is 25.6 Å². The highest BCUT2D eigenvalue weighted by atomic mass is 15.3. The van der Waals surface area contributed by atoms with Gasteiger partial charge in [0, 0.05) is 24.8 Å². The zero-order valence-corrected chi connectivity index (χ0v) is 13.0. The summed E-state index contributed by atoms with van der Waals surface area (Å²) < 4.78 is 0. The highest BCUT2D eigenvalue weighted by molar-refractivity contribution is 5.78. The van der Waals surface area contributed by atoms with Crippen LogP contribution >= 0.6 is 0 Å². The average Bonchev–Trinajstić information content (AvgIpc) is 2.89. The van der Waals surface area contributed by atoms with Crippen LogP contribution in [0.5, 0.6) is 0 Å². The van der Waals surface area contributed by atoms with Gasteiger partial charge in [-0.2, -0.15) is 0 Å². The van der Waals surface area contributed by atoms with Gasteiger partial charge in [-0.15, -0.1) is 0 Å². The lowest BCUT2D eigenvalue weighted by Gasteiger charge is -2.32. The molecule has 1 N–H and O–H groups in total. The van der Waals surface area contributed by atoms with Crippen LogP contribution in [0.3, 0.4) is 0 Å². The van der Waals surface area contributed by atoms with Crippen molar-refractivity contribution >= 4 is 11.5 Å². The van der Waals surface area contributed by atoms with E-state index < -0.39 is 0 Å². The van der Waals surface area contributed by atoms with Crippen molar-refractivity contribution in [2.45, 2.75) is 13.3 Å². The molecule has 4 nitrogen and oxygen atoms in total. The zero-order chi connectivity index (χ0) is 14.9. The second-order valence-electron chi connectivity index (χ2n) is 6.20. The van der Waals surface area contributed by atoms with Crippen molar-refractivity contribution in [1.29, 1.82) is 0 Å². The molecule has 0 aliphatic carbocycles. The van der Waals surface area contributed by atoms with Crippen molar-refractivity contribution in [3.05, 3.63) is 42.1 Å². The van der Waals surface area contributed by atoms with Crippen LogP contribution < -0.4 is 10.2 Å². The number of anilines is 2. The first-order chi connectivity index (χ1) is 10.8. The maximum absolute atomic E-state index is 4.62. The van der Waals surface area contributed by atoms with Gasteiger partial charge in [-0.25, -0.2) is 4.98 Å². The van der Waals surface area contributed by atoms with Gasteiger partial charge in [0.2, 0.25) is 0 Å². The third kappa shape index (κ3) is 2.44. The Hall–Kier alpha value is -2.07. The molecule has 0 bridgehead atoms. The van der Waals surface area contributed by atoms with E-state index in [-0.39, 0.29) is 0 Å². The SMILES string of the molecule is Cc1ccccc1-c1cnc2c(c1)N(CCN1CCC1)CN2. The first-order valence-electron chi connectivity index (χ1n) is 8.08. The fraction of sp³-hybridized carbons (Fsp3) is 0.389. The van der Waals surface area contributed by atoms with Crippen molar-refractivity contribution < 1.29 is 0 Å². The van der Waals surface area contributed by atoms with E-state index in [9.17, 15) is 0 Å². The van der Waals surface area contributed by atoms with Crippen LogP contribution in [0.1, 0.15) is 12.0 Å². The molecular weight excluding hydrogens is 272 g/mol. The molecule has 0 radical (unpaired) electrons. The van der Waals surface area contributed by atoms with Crippen LogP contribution in [0.25, 0.3) is 11.1 Å². The first kappa shape index (κ1) is 13.6. The number of nitrogens with zero attached hydrogens (tertiary/aromatic N) is 3. The Morgan fingerprint density at radius 2 is 2.05 bits per heavy atom. The number of hydrogen-bond acceptors (Lipinski definition) is 4. The molecule has 4 rings (SSSR count). The van der Waals surface area contributed by atoms with Gasteiger partial charge in [-0.05, 0) is 43.6 Å². The third-order valence-corrected chi connectivity index (χ3v) is 4.74. The van der Waals surface area contributed by atoms with Crippen LogP contribution in [0.4, 0.5) is 11.5 Å². The molecule has 0 spiro atoms. The summed E-state index contributed by atoms with van der Waals surface area (Å²) in [5.74, 6) is 1.01. The summed E-state index contributed by atoms with van der Waals surface area (Å²) >= 11 is 0. The maximum atomic E-state index is 4.62. The van der Waals surface area contributed by atoms with E-state index in [1.165, 1.54) is 41.9 Å². The van der Waals surface area contributed by atoms with E-state index >= 15 is 0 Å². The van der Waals surface area contributed by atoms with Crippen LogP contribution in [0, 0.1) is 6.92 Å². The maximum Gasteiger partial charge on any atom is 0.151 e. The minimum absolute atomic E-state index is 0.868. The van der Waals surface area contributed by atoms with Gasteiger partial charge in [0.1, 0.15) is 0 Å². The summed E-state index contributed by atoms with van der Waals surface area (Å²) in [4.78, 5) is 9.54. The molecule has 1 saturated heterocycles. The summed E-state index contributed by atoms with van der Waals surface area (Å²) in [6.07, 6.45) is 3.33. The minimum Gasteiger partial charge on any atom is -0.351 e. The molecule has 0 unspecified atom stereocenters. The van der Waals surface area contributed by atoms with E-state index in [2.05, 4.69) is 57.4 Å². The van der Waals surface area contributed by atoms with Gasteiger partial charge in [-0.3, -0.25) is 0 Å². The molecule has 4 heteroatoms. The van der Waals surface area contributed by atoms with Crippen LogP contribution in [0.2, 0.25) is 0 Å². The highest BCUT2D eigenvalue weighted by Gasteiger charge is 2.22. The van der Waals surface area contributed by atoms with Crippen molar-refractivity contribution in [3.8, 4) is 11.1 Å². The number of rotatable bonds is 4. The Kier molecular flexibility index (Phi) is 3.47. The zero-order valence-electron chi connectivity index (χ0n) is 13.0. The second kappa shape index (κ2) is 5.61. The molecule has 2 aliphatic heterocycles. The molecule has 0 atom stereocenters. The van der Waals surface area contributed by atoms with Gasteiger partial charge >= 0.3 is 0 Å². The van der Waals surface area contributed by atoms with E-state index in [4.69, 9.17) is 0 Å². The predicted octanol–water partition coefficient (Wildman–Crippen LogP) is 2.95. The lowest BCUT2D eigenvalue weighted by atomic mass is 10.0. The molecule has 0 amide bonds. The molecule has 0 saturated carbocycles. The topological polar surface area (TPSA) is 31.4 Å². The van der Waals surface area contributed by atoms with Crippen molar-refractivity contribution in [1.82, 2.24) is 9.88 Å². The number of aromatic nitrogens is 1. The molecule has 2 aliphatic rings. The number of nitrogens with one attached hydrogen (secondary N) is 1. The molecule has 1 aromatic heterocycles. The average molecular weight is 294 g/mol. The summed E-state index contributed by atoms with van der Waals surface area (Å²) in [6.45, 7) is 7.76. The summed E-state index contributed by atoms with van der Waals surface area (Å²) in [5, 5.41) is 3.40. The van der Waals surface area contributed by atoms with E-state index in [1.807, 2.05) is 6.20 Å². The third-order valence-electron chi connectivity index (χ3n) is 4.74. The molecule has 22 heavy (non-hydrogen) atoms. The first-order valence-corrected chi connectivity index (χ1v) is 8.08. The number of hydrogen-bond donors (Lipinski definition) is 1.